The largest absolute Gasteiger partial charge is 0.393 e. The van der Waals surface area contributed by atoms with Crippen LogP contribution in [0.3, 0.4) is 0 Å². The molecule has 0 heterocycles. The summed E-state index contributed by atoms with van der Waals surface area (Å²) in [5.74, 6) is 2.50. The van der Waals surface area contributed by atoms with Crippen molar-refractivity contribution in [3.05, 3.63) is 0 Å². The molecule has 0 aromatic rings. The normalized spacial score (nSPS) is 16.9. The maximum absolute atomic E-state index is 9.46. The van der Waals surface area contributed by atoms with Gasteiger partial charge in [-0.2, -0.15) is 0 Å². The highest BCUT2D eigenvalue weighted by atomic mass is 16.7. The van der Waals surface area contributed by atoms with Crippen molar-refractivity contribution in [3.8, 4) is 0 Å². The first kappa shape index (κ1) is 36.7. The predicted octanol–water partition coefficient (Wildman–Crippen LogP) is 6.19. The lowest BCUT2D eigenvalue weighted by atomic mass is 9.90. The lowest BCUT2D eigenvalue weighted by Crippen LogP contribution is -2.11. The molecule has 6 atom stereocenters. The molecule has 0 saturated carbocycles. The fourth-order valence-electron chi connectivity index (χ4n) is 5.03. The van der Waals surface area contributed by atoms with E-state index in [-0.39, 0.29) is 25.8 Å². The van der Waals surface area contributed by atoms with Crippen molar-refractivity contribution in [2.24, 2.45) is 23.7 Å². The van der Waals surface area contributed by atoms with Gasteiger partial charge < -0.3 is 33.9 Å². The molecule has 0 saturated heterocycles. The molecular formula is C30H62O7. The van der Waals surface area contributed by atoms with Crippen molar-refractivity contribution in [1.82, 2.24) is 0 Å². The second-order valence-electron chi connectivity index (χ2n) is 11.5. The minimum atomic E-state index is -0.201. The van der Waals surface area contributed by atoms with E-state index in [4.69, 9.17) is 23.7 Å². The topological polar surface area (TPSA) is 86.6 Å². The lowest BCUT2D eigenvalue weighted by Gasteiger charge is -2.18. The van der Waals surface area contributed by atoms with Gasteiger partial charge in [0.05, 0.1) is 25.4 Å². The van der Waals surface area contributed by atoms with E-state index in [2.05, 4.69) is 27.7 Å². The molecule has 0 aromatic heterocycles. The van der Waals surface area contributed by atoms with E-state index < -0.39 is 0 Å². The molecule has 37 heavy (non-hydrogen) atoms. The second kappa shape index (κ2) is 26.0. The monoisotopic (exact) mass is 534 g/mol. The number of hydrogen-bond acceptors (Lipinski definition) is 7. The Bertz CT molecular complexity index is 421. The van der Waals surface area contributed by atoms with Crippen LogP contribution in [0.15, 0.2) is 0 Å². The van der Waals surface area contributed by atoms with E-state index in [1.165, 1.54) is 25.7 Å². The van der Waals surface area contributed by atoms with Crippen LogP contribution in [0, 0.1) is 23.7 Å². The molecule has 7 heteroatoms. The fourth-order valence-corrected chi connectivity index (χ4v) is 5.03. The molecule has 0 bridgehead atoms. The molecule has 0 amide bonds. The van der Waals surface area contributed by atoms with Crippen molar-refractivity contribution in [3.63, 3.8) is 0 Å². The molecule has 0 fully saturated rings. The zero-order valence-electron chi connectivity index (χ0n) is 25.1. The van der Waals surface area contributed by atoms with Crippen molar-refractivity contribution < 1.29 is 33.9 Å². The Kier molecular flexibility index (Phi) is 25.8. The zero-order chi connectivity index (χ0) is 27.7. The summed E-state index contributed by atoms with van der Waals surface area (Å²) < 4.78 is 27.6. The zero-order valence-corrected chi connectivity index (χ0v) is 25.1. The highest BCUT2D eigenvalue weighted by Gasteiger charge is 2.12. The van der Waals surface area contributed by atoms with E-state index >= 15 is 0 Å². The van der Waals surface area contributed by atoms with Crippen molar-refractivity contribution >= 4 is 0 Å². The Hall–Kier alpha value is -0.280. The van der Waals surface area contributed by atoms with E-state index in [1.54, 1.807) is 0 Å². The first-order chi connectivity index (χ1) is 17.7. The van der Waals surface area contributed by atoms with Gasteiger partial charge in [0.25, 0.3) is 0 Å². The summed E-state index contributed by atoms with van der Waals surface area (Å²) in [7, 11) is 0. The average Bonchev–Trinajstić information content (AvgIpc) is 2.79. The maximum atomic E-state index is 9.46. The molecule has 0 aliphatic heterocycles. The first-order valence-electron chi connectivity index (χ1n) is 14.9. The molecule has 0 aromatic carbocycles. The summed E-state index contributed by atoms with van der Waals surface area (Å²) in [5, 5.41) is 18.9. The van der Waals surface area contributed by atoms with Gasteiger partial charge in [-0.25, -0.2) is 0 Å². The minimum absolute atomic E-state index is 0.201. The number of ether oxygens (including phenoxy) is 5. The van der Waals surface area contributed by atoms with Crippen LogP contribution in [0.25, 0.3) is 0 Å². The predicted molar refractivity (Wildman–Crippen MR) is 151 cm³/mol. The summed E-state index contributed by atoms with van der Waals surface area (Å²) in [4.78, 5) is 0. The third-order valence-electron chi connectivity index (χ3n) is 6.56. The molecule has 0 aliphatic carbocycles. The average molecular weight is 535 g/mol. The van der Waals surface area contributed by atoms with E-state index in [0.717, 1.165) is 51.7 Å². The van der Waals surface area contributed by atoms with Gasteiger partial charge in [-0.05, 0) is 102 Å². The van der Waals surface area contributed by atoms with Crippen LogP contribution < -0.4 is 0 Å². The van der Waals surface area contributed by atoms with Gasteiger partial charge in [0, 0.05) is 26.4 Å². The van der Waals surface area contributed by atoms with Gasteiger partial charge in [-0.15, -0.1) is 0 Å². The third kappa shape index (κ3) is 28.5. The summed E-state index contributed by atoms with van der Waals surface area (Å²) in [5.41, 5.74) is 0. The molecule has 2 N–H and O–H groups in total. The molecule has 0 spiro atoms. The lowest BCUT2D eigenvalue weighted by molar-refractivity contribution is -0.133. The first-order valence-corrected chi connectivity index (χ1v) is 14.9. The quantitative estimate of drug-likeness (QED) is 0.0914. The van der Waals surface area contributed by atoms with Gasteiger partial charge in [-0.1, -0.05) is 27.7 Å². The van der Waals surface area contributed by atoms with E-state index in [1.807, 2.05) is 13.8 Å². The van der Waals surface area contributed by atoms with E-state index in [0.29, 0.717) is 50.1 Å². The van der Waals surface area contributed by atoms with Gasteiger partial charge in [0.15, 0.2) is 0 Å². The van der Waals surface area contributed by atoms with Crippen molar-refractivity contribution in [2.75, 3.05) is 53.2 Å². The summed E-state index contributed by atoms with van der Waals surface area (Å²) >= 11 is 0. The smallest absolute Gasteiger partial charge is 0.149 e. The standard InChI is InChI=1S/C30H62O7/c1-25(19-27(3)21-29(5)31)11-7-13-33-15-9-17-35-23-37-24-36-18-10-16-34-14-8-12-26(2)20-28(4)22-30(6)32/h25-32H,7-24H2,1-6H3. The molecule has 7 nitrogen and oxygen atoms in total. The Morgan fingerprint density at radius 3 is 1.14 bits per heavy atom. The summed E-state index contributed by atoms with van der Waals surface area (Å²) in [6.45, 7) is 17.5. The summed E-state index contributed by atoms with van der Waals surface area (Å²) in [6.07, 6.45) is 9.95. The highest BCUT2D eigenvalue weighted by molar-refractivity contribution is 4.63. The molecular weight excluding hydrogens is 472 g/mol. The van der Waals surface area contributed by atoms with Gasteiger partial charge >= 0.3 is 0 Å². The number of aliphatic hydroxyl groups is 2. The van der Waals surface area contributed by atoms with Gasteiger partial charge in [0.1, 0.15) is 13.6 Å². The number of aliphatic hydroxyl groups excluding tert-OH is 2. The molecule has 0 aliphatic rings. The third-order valence-corrected chi connectivity index (χ3v) is 6.56. The Labute approximate surface area is 228 Å². The van der Waals surface area contributed by atoms with Crippen molar-refractivity contribution in [2.45, 2.75) is 118 Å². The van der Waals surface area contributed by atoms with Crippen LogP contribution in [0.2, 0.25) is 0 Å². The fraction of sp³-hybridized carbons (Fsp3) is 1.00. The van der Waals surface area contributed by atoms with Crippen LogP contribution in [0.5, 0.6) is 0 Å². The number of rotatable bonds is 28. The van der Waals surface area contributed by atoms with Crippen LogP contribution in [0.1, 0.15) is 106 Å². The summed E-state index contributed by atoms with van der Waals surface area (Å²) in [6, 6.07) is 0. The van der Waals surface area contributed by atoms with Crippen LogP contribution >= 0.6 is 0 Å². The highest BCUT2D eigenvalue weighted by Crippen LogP contribution is 2.21. The van der Waals surface area contributed by atoms with Crippen LogP contribution in [0.4, 0.5) is 0 Å². The van der Waals surface area contributed by atoms with Gasteiger partial charge in [-0.3, -0.25) is 0 Å². The van der Waals surface area contributed by atoms with E-state index in [9.17, 15) is 10.2 Å². The SMILES string of the molecule is CC(O)CC(C)CC(C)CCCOCCCOCOCOCCCOCCCC(C)CC(C)CC(C)O. The van der Waals surface area contributed by atoms with Crippen molar-refractivity contribution in [1.29, 1.82) is 0 Å². The Balaban J connectivity index is 3.26. The maximum Gasteiger partial charge on any atom is 0.149 e. The van der Waals surface area contributed by atoms with Gasteiger partial charge in [0.2, 0.25) is 0 Å². The number of hydrogen-bond donors (Lipinski definition) is 2. The molecule has 0 radical (unpaired) electrons. The Morgan fingerprint density at radius 1 is 0.405 bits per heavy atom. The second-order valence-corrected chi connectivity index (χ2v) is 11.5. The minimum Gasteiger partial charge on any atom is -0.393 e. The Morgan fingerprint density at radius 2 is 0.757 bits per heavy atom. The molecule has 0 rings (SSSR count). The van der Waals surface area contributed by atoms with Crippen LogP contribution in [-0.4, -0.2) is 75.6 Å². The van der Waals surface area contributed by atoms with Crippen LogP contribution in [-0.2, 0) is 23.7 Å². The molecule has 6 unspecified atom stereocenters. The molecule has 224 valence electrons.